The first kappa shape index (κ1) is 13.1. The highest BCUT2D eigenvalue weighted by molar-refractivity contribution is 5.76. The Morgan fingerprint density at radius 1 is 1.50 bits per heavy atom. The zero-order valence-corrected chi connectivity index (χ0v) is 11.6. The van der Waals surface area contributed by atoms with Gasteiger partial charge in [-0.05, 0) is 25.2 Å². The molecule has 0 atom stereocenters. The number of aromatic amines is 1. The number of nitrogens with zero attached hydrogens (tertiary/aromatic N) is 2. The van der Waals surface area contributed by atoms with Crippen LogP contribution in [0, 0.1) is 5.92 Å². The number of nitrogens with one attached hydrogen (secondary N) is 1. The highest BCUT2D eigenvalue weighted by Gasteiger charge is 2.22. The van der Waals surface area contributed by atoms with Crippen LogP contribution in [-0.2, 0) is 24.2 Å². The van der Waals surface area contributed by atoms with Gasteiger partial charge < -0.3 is 4.90 Å². The zero-order valence-electron chi connectivity index (χ0n) is 11.6. The minimum absolute atomic E-state index is 0.279. The van der Waals surface area contributed by atoms with Gasteiger partial charge in [0.2, 0.25) is 5.91 Å². The fraction of sp³-hybridized carbons (Fsp3) is 0.714. The average Bonchev–Trinajstić information content (AvgIpc) is 2.56. The molecule has 1 N–H and O–H groups in total. The molecule has 0 radical (unpaired) electrons. The third kappa shape index (κ3) is 2.74. The van der Waals surface area contributed by atoms with Crippen molar-refractivity contribution in [1.82, 2.24) is 15.1 Å². The van der Waals surface area contributed by atoms with Crippen molar-refractivity contribution in [2.75, 3.05) is 6.54 Å². The lowest BCUT2D eigenvalue weighted by Crippen LogP contribution is -2.31. The third-order valence-corrected chi connectivity index (χ3v) is 3.51. The Balaban J connectivity index is 2.14. The Bertz CT molecular complexity index is 423. The fourth-order valence-electron chi connectivity index (χ4n) is 2.54. The van der Waals surface area contributed by atoms with Crippen molar-refractivity contribution in [3.05, 3.63) is 17.0 Å². The summed E-state index contributed by atoms with van der Waals surface area (Å²) in [5, 5.41) is 7.48. The molecule has 18 heavy (non-hydrogen) atoms. The van der Waals surface area contributed by atoms with E-state index >= 15 is 0 Å². The van der Waals surface area contributed by atoms with Crippen LogP contribution < -0.4 is 0 Å². The predicted octanol–water partition coefficient (Wildman–Crippen LogP) is 2.29. The largest absolute Gasteiger partial charge is 0.338 e. The maximum atomic E-state index is 12.2. The van der Waals surface area contributed by atoms with E-state index in [0.29, 0.717) is 12.3 Å². The number of H-pyrrole nitrogens is 1. The smallest absolute Gasteiger partial charge is 0.223 e. The van der Waals surface area contributed by atoms with Gasteiger partial charge in [-0.1, -0.05) is 20.8 Å². The average molecular weight is 249 g/mol. The second kappa shape index (κ2) is 5.55. The molecule has 0 aliphatic carbocycles. The first-order valence-electron chi connectivity index (χ1n) is 6.94. The van der Waals surface area contributed by atoms with E-state index in [9.17, 15) is 4.79 Å². The van der Waals surface area contributed by atoms with Gasteiger partial charge in [-0.2, -0.15) is 5.10 Å². The summed E-state index contributed by atoms with van der Waals surface area (Å²) >= 11 is 0. The monoisotopic (exact) mass is 249 g/mol. The van der Waals surface area contributed by atoms with Crippen LogP contribution in [0.2, 0.25) is 0 Å². The molecule has 1 amide bonds. The van der Waals surface area contributed by atoms with Crippen LogP contribution in [0.1, 0.15) is 50.6 Å². The fourth-order valence-corrected chi connectivity index (χ4v) is 2.54. The van der Waals surface area contributed by atoms with Gasteiger partial charge in [-0.15, -0.1) is 0 Å². The van der Waals surface area contributed by atoms with E-state index in [2.05, 4.69) is 31.0 Å². The van der Waals surface area contributed by atoms with Gasteiger partial charge in [0.1, 0.15) is 0 Å². The minimum Gasteiger partial charge on any atom is -0.338 e. The zero-order chi connectivity index (χ0) is 13.1. The number of rotatable bonds is 3. The Kier molecular flexibility index (Phi) is 4.04. The Morgan fingerprint density at radius 2 is 2.28 bits per heavy atom. The molecule has 4 heteroatoms. The number of hydrogen-bond acceptors (Lipinski definition) is 2. The molecule has 100 valence electrons. The van der Waals surface area contributed by atoms with Gasteiger partial charge in [0.05, 0.1) is 5.69 Å². The van der Waals surface area contributed by atoms with E-state index in [1.807, 2.05) is 4.90 Å². The SMILES string of the molecule is CCc1n[nH]c2c1CN(C(=O)CC(C)C)CCC2. The first-order chi connectivity index (χ1) is 8.61. The summed E-state index contributed by atoms with van der Waals surface area (Å²) in [7, 11) is 0. The lowest BCUT2D eigenvalue weighted by molar-refractivity contribution is -0.132. The number of amides is 1. The molecule has 2 rings (SSSR count). The maximum Gasteiger partial charge on any atom is 0.223 e. The van der Waals surface area contributed by atoms with Crippen LogP contribution in [-0.4, -0.2) is 27.5 Å². The van der Waals surface area contributed by atoms with Crippen LogP contribution in [0.5, 0.6) is 0 Å². The van der Waals surface area contributed by atoms with Crippen LogP contribution in [0.15, 0.2) is 0 Å². The summed E-state index contributed by atoms with van der Waals surface area (Å²) in [6, 6.07) is 0. The summed E-state index contributed by atoms with van der Waals surface area (Å²) in [4.78, 5) is 14.2. The summed E-state index contributed by atoms with van der Waals surface area (Å²) in [5.74, 6) is 0.705. The number of carbonyl (C=O) groups is 1. The van der Waals surface area contributed by atoms with Crippen molar-refractivity contribution < 1.29 is 4.79 Å². The molecule has 1 aliphatic heterocycles. The number of fused-ring (bicyclic) bond motifs is 1. The molecule has 0 saturated heterocycles. The molecule has 0 spiro atoms. The topological polar surface area (TPSA) is 49.0 Å². The van der Waals surface area contributed by atoms with Gasteiger partial charge in [0.15, 0.2) is 0 Å². The predicted molar refractivity (Wildman–Crippen MR) is 71.2 cm³/mol. The Labute approximate surface area is 109 Å². The standard InChI is InChI=1S/C14H23N3O/c1-4-12-11-9-17(14(18)8-10(2)3)7-5-6-13(11)16-15-12/h10H,4-9H2,1-3H3,(H,15,16). The Hall–Kier alpha value is -1.32. The van der Waals surface area contributed by atoms with Crippen molar-refractivity contribution in [2.45, 2.75) is 53.0 Å². The second-order valence-corrected chi connectivity index (χ2v) is 5.50. The van der Waals surface area contributed by atoms with Crippen LogP contribution >= 0.6 is 0 Å². The van der Waals surface area contributed by atoms with E-state index in [4.69, 9.17) is 0 Å². The van der Waals surface area contributed by atoms with E-state index in [1.165, 1.54) is 11.3 Å². The summed E-state index contributed by atoms with van der Waals surface area (Å²) in [6.45, 7) is 7.91. The molecule has 1 aromatic rings. The summed E-state index contributed by atoms with van der Waals surface area (Å²) in [6.07, 6.45) is 3.61. The van der Waals surface area contributed by atoms with Gasteiger partial charge >= 0.3 is 0 Å². The molecule has 1 aromatic heterocycles. The molecule has 1 aliphatic rings. The van der Waals surface area contributed by atoms with Crippen molar-refractivity contribution in [1.29, 1.82) is 0 Å². The molecule has 4 nitrogen and oxygen atoms in total. The number of aryl methyl sites for hydroxylation is 2. The molecule has 0 unspecified atom stereocenters. The summed E-state index contributed by atoms with van der Waals surface area (Å²) in [5.41, 5.74) is 3.60. The normalized spacial score (nSPS) is 15.7. The van der Waals surface area contributed by atoms with Crippen LogP contribution in [0.4, 0.5) is 0 Å². The lowest BCUT2D eigenvalue weighted by Gasteiger charge is -2.21. The van der Waals surface area contributed by atoms with Crippen LogP contribution in [0.25, 0.3) is 0 Å². The number of aromatic nitrogens is 2. The van der Waals surface area contributed by atoms with Gasteiger partial charge in [0, 0.05) is 30.8 Å². The molecule has 0 bridgehead atoms. The van der Waals surface area contributed by atoms with Crippen molar-refractivity contribution in [3.8, 4) is 0 Å². The maximum absolute atomic E-state index is 12.2. The number of hydrogen-bond donors (Lipinski definition) is 1. The quantitative estimate of drug-likeness (QED) is 0.893. The Morgan fingerprint density at radius 3 is 2.94 bits per heavy atom. The highest BCUT2D eigenvalue weighted by atomic mass is 16.2. The second-order valence-electron chi connectivity index (χ2n) is 5.50. The highest BCUT2D eigenvalue weighted by Crippen LogP contribution is 2.21. The first-order valence-corrected chi connectivity index (χ1v) is 6.94. The van der Waals surface area contributed by atoms with E-state index in [1.54, 1.807) is 0 Å². The molecule has 0 aromatic carbocycles. The third-order valence-electron chi connectivity index (χ3n) is 3.51. The van der Waals surface area contributed by atoms with E-state index in [0.717, 1.165) is 38.0 Å². The van der Waals surface area contributed by atoms with Crippen molar-refractivity contribution in [2.24, 2.45) is 5.92 Å². The lowest BCUT2D eigenvalue weighted by atomic mass is 10.1. The molecular weight excluding hydrogens is 226 g/mol. The van der Waals surface area contributed by atoms with Gasteiger partial charge in [-0.3, -0.25) is 9.89 Å². The van der Waals surface area contributed by atoms with Gasteiger partial charge in [0.25, 0.3) is 0 Å². The number of carbonyl (C=O) groups excluding carboxylic acids is 1. The van der Waals surface area contributed by atoms with Crippen molar-refractivity contribution in [3.63, 3.8) is 0 Å². The minimum atomic E-state index is 0.279. The van der Waals surface area contributed by atoms with E-state index < -0.39 is 0 Å². The van der Waals surface area contributed by atoms with E-state index in [-0.39, 0.29) is 5.91 Å². The van der Waals surface area contributed by atoms with Crippen molar-refractivity contribution >= 4 is 5.91 Å². The van der Waals surface area contributed by atoms with Crippen LogP contribution in [0.3, 0.4) is 0 Å². The van der Waals surface area contributed by atoms with Gasteiger partial charge in [-0.25, -0.2) is 0 Å². The molecule has 0 fully saturated rings. The molecule has 2 heterocycles. The summed E-state index contributed by atoms with van der Waals surface area (Å²) < 4.78 is 0. The molecular formula is C14H23N3O. The molecule has 0 saturated carbocycles.